The fraction of sp³-hybridized carbons (Fsp3) is 0.762. The highest BCUT2D eigenvalue weighted by molar-refractivity contribution is 7.91. The average molecular weight is 425 g/mol. The van der Waals surface area contributed by atoms with E-state index in [-0.39, 0.29) is 0 Å². The van der Waals surface area contributed by atoms with E-state index in [9.17, 15) is 13.2 Å². The molecule has 2 saturated heterocycles. The molecule has 0 aromatic carbocycles. The summed E-state index contributed by atoms with van der Waals surface area (Å²) >= 11 is 1.33. The molecule has 0 atom stereocenters. The molecule has 2 aliphatic heterocycles. The van der Waals surface area contributed by atoms with Crippen LogP contribution in [0, 0.1) is 18.3 Å². The summed E-state index contributed by atoms with van der Waals surface area (Å²) in [7, 11) is -3.34. The zero-order valence-electron chi connectivity index (χ0n) is 16.9. The van der Waals surface area contributed by atoms with E-state index in [1.807, 2.05) is 23.3 Å². The van der Waals surface area contributed by atoms with Gasteiger partial charge >= 0.3 is 0 Å². The van der Waals surface area contributed by atoms with Crippen LogP contribution in [0.4, 0.5) is 0 Å². The molecule has 7 heteroatoms. The van der Waals surface area contributed by atoms with Gasteiger partial charge in [0, 0.05) is 32.6 Å². The zero-order chi connectivity index (χ0) is 19.8. The summed E-state index contributed by atoms with van der Waals surface area (Å²) in [6.07, 6.45) is 9.50. The van der Waals surface area contributed by atoms with E-state index in [1.165, 1.54) is 11.3 Å². The minimum Gasteiger partial charge on any atom is -0.343 e. The maximum atomic E-state index is 12.9. The molecule has 1 amide bonds. The number of hydrogen-bond donors (Lipinski definition) is 0. The van der Waals surface area contributed by atoms with Crippen molar-refractivity contribution < 1.29 is 13.2 Å². The Morgan fingerprint density at radius 1 is 1.11 bits per heavy atom. The fourth-order valence-electron chi connectivity index (χ4n) is 5.28. The van der Waals surface area contributed by atoms with Gasteiger partial charge in [0.2, 0.25) is 5.91 Å². The minimum atomic E-state index is -3.34. The van der Waals surface area contributed by atoms with E-state index >= 15 is 0 Å². The highest BCUT2D eigenvalue weighted by Gasteiger charge is 2.41. The molecule has 1 spiro atoms. The summed E-state index contributed by atoms with van der Waals surface area (Å²) < 4.78 is 28.1. The molecule has 3 fully saturated rings. The quantitative estimate of drug-likeness (QED) is 0.733. The number of rotatable bonds is 4. The first-order valence-corrected chi connectivity index (χ1v) is 13.0. The molecule has 0 radical (unpaired) electrons. The molecule has 1 saturated carbocycles. The number of amides is 1. The lowest BCUT2D eigenvalue weighted by Gasteiger charge is -2.45. The largest absolute Gasteiger partial charge is 0.343 e. The number of thiophene rings is 1. The van der Waals surface area contributed by atoms with Crippen molar-refractivity contribution in [1.82, 2.24) is 9.21 Å². The third kappa shape index (κ3) is 4.03. The van der Waals surface area contributed by atoms with Crippen LogP contribution < -0.4 is 0 Å². The minimum absolute atomic E-state index is 0.295. The van der Waals surface area contributed by atoms with E-state index in [0.29, 0.717) is 41.0 Å². The van der Waals surface area contributed by atoms with Crippen molar-refractivity contribution in [3.8, 4) is 0 Å². The van der Waals surface area contributed by atoms with Gasteiger partial charge in [0.15, 0.2) is 0 Å². The lowest BCUT2D eigenvalue weighted by molar-refractivity contribution is -0.131. The number of hydrogen-bond acceptors (Lipinski definition) is 4. The third-order valence-electron chi connectivity index (χ3n) is 7.26. The van der Waals surface area contributed by atoms with Gasteiger partial charge in [0.1, 0.15) is 4.21 Å². The normalized spacial score (nSPS) is 24.1. The van der Waals surface area contributed by atoms with Crippen LogP contribution in [-0.4, -0.2) is 49.7 Å². The highest BCUT2D eigenvalue weighted by Crippen LogP contribution is 2.48. The number of likely N-dealkylation sites (tertiary alicyclic amines) is 1. The van der Waals surface area contributed by atoms with Crippen LogP contribution in [0.2, 0.25) is 0 Å². The van der Waals surface area contributed by atoms with Crippen molar-refractivity contribution >= 4 is 27.3 Å². The van der Waals surface area contributed by atoms with Crippen molar-refractivity contribution in [2.45, 2.75) is 68.9 Å². The molecule has 3 heterocycles. The second-order valence-corrected chi connectivity index (χ2v) is 12.1. The van der Waals surface area contributed by atoms with Crippen LogP contribution in [0.25, 0.3) is 0 Å². The lowest BCUT2D eigenvalue weighted by atomic mass is 9.65. The monoisotopic (exact) mass is 424 g/mol. The Kier molecular flexibility index (Phi) is 5.87. The number of piperidine rings is 1. The molecule has 4 rings (SSSR count). The summed E-state index contributed by atoms with van der Waals surface area (Å²) in [5, 5.41) is 1.86. The molecule has 156 valence electrons. The SMILES string of the molecule is Cc1ccsc1S(=O)(=O)N1CCC2(CCC(CC(=O)N3CCCC3)CC2)CC1. The summed E-state index contributed by atoms with van der Waals surface area (Å²) in [6.45, 7) is 5.04. The van der Waals surface area contributed by atoms with E-state index in [4.69, 9.17) is 0 Å². The van der Waals surface area contributed by atoms with Crippen molar-refractivity contribution in [1.29, 1.82) is 0 Å². The summed E-state index contributed by atoms with van der Waals surface area (Å²) in [5.74, 6) is 0.875. The Hall–Kier alpha value is -0.920. The Morgan fingerprint density at radius 2 is 1.75 bits per heavy atom. The Morgan fingerprint density at radius 3 is 2.32 bits per heavy atom. The molecule has 1 aromatic rings. The van der Waals surface area contributed by atoms with E-state index in [2.05, 4.69) is 0 Å². The Balaban J connectivity index is 1.29. The molecular formula is C21H32N2O3S2. The van der Waals surface area contributed by atoms with Gasteiger partial charge in [-0.2, -0.15) is 4.31 Å². The molecular weight excluding hydrogens is 392 g/mol. The molecule has 28 heavy (non-hydrogen) atoms. The second-order valence-electron chi connectivity index (χ2n) is 9.03. The van der Waals surface area contributed by atoms with E-state index in [1.54, 1.807) is 4.31 Å². The Labute approximate surface area is 173 Å². The summed E-state index contributed by atoms with van der Waals surface area (Å²) in [5.41, 5.74) is 1.15. The third-order valence-corrected chi connectivity index (χ3v) is 10.8. The highest BCUT2D eigenvalue weighted by atomic mass is 32.2. The molecule has 5 nitrogen and oxygen atoms in total. The fourth-order valence-corrected chi connectivity index (χ4v) is 8.27. The van der Waals surface area contributed by atoms with E-state index < -0.39 is 10.0 Å². The predicted molar refractivity (Wildman–Crippen MR) is 112 cm³/mol. The van der Waals surface area contributed by atoms with Crippen LogP contribution in [0.5, 0.6) is 0 Å². The second kappa shape index (κ2) is 8.07. The van der Waals surface area contributed by atoms with Gasteiger partial charge in [0.05, 0.1) is 0 Å². The number of sulfonamides is 1. The summed E-state index contributed by atoms with van der Waals surface area (Å²) in [6, 6.07) is 1.88. The van der Waals surface area contributed by atoms with Crippen LogP contribution in [0.3, 0.4) is 0 Å². The van der Waals surface area contributed by atoms with Crippen LogP contribution >= 0.6 is 11.3 Å². The van der Waals surface area contributed by atoms with Crippen LogP contribution in [0.15, 0.2) is 15.7 Å². The first-order valence-electron chi connectivity index (χ1n) is 10.7. The first kappa shape index (κ1) is 20.4. The molecule has 1 aromatic heterocycles. The van der Waals surface area contributed by atoms with Crippen molar-refractivity contribution in [3.63, 3.8) is 0 Å². The standard InChI is InChI=1S/C21H32N2O3S2/c1-17-6-15-27-20(17)28(25,26)23-13-9-21(10-14-23)7-4-18(5-8-21)16-19(24)22-11-2-3-12-22/h6,15,18H,2-5,7-14,16H2,1H3. The molecule has 0 unspecified atom stereocenters. The lowest BCUT2D eigenvalue weighted by Crippen LogP contribution is -2.44. The number of carbonyl (C=O) groups excluding carboxylic acids is 1. The molecule has 1 aliphatic carbocycles. The number of nitrogens with zero attached hydrogens (tertiary/aromatic N) is 2. The maximum absolute atomic E-state index is 12.9. The first-order chi connectivity index (χ1) is 13.4. The molecule has 0 bridgehead atoms. The topological polar surface area (TPSA) is 57.7 Å². The van der Waals surface area contributed by atoms with Gasteiger partial charge in [-0.3, -0.25) is 4.79 Å². The van der Waals surface area contributed by atoms with E-state index in [0.717, 1.165) is 70.0 Å². The number of carbonyl (C=O) groups is 1. The predicted octanol–water partition coefficient (Wildman–Crippen LogP) is 4.03. The van der Waals surface area contributed by atoms with Crippen molar-refractivity contribution in [2.75, 3.05) is 26.2 Å². The maximum Gasteiger partial charge on any atom is 0.252 e. The van der Waals surface area contributed by atoms with Gasteiger partial charge < -0.3 is 4.90 Å². The molecule has 3 aliphatic rings. The number of aryl methyl sites for hydroxylation is 1. The van der Waals surface area contributed by atoms with Crippen LogP contribution in [-0.2, 0) is 14.8 Å². The van der Waals surface area contributed by atoms with Crippen molar-refractivity contribution in [3.05, 3.63) is 17.0 Å². The average Bonchev–Trinajstić information content (AvgIpc) is 3.36. The summed E-state index contributed by atoms with van der Waals surface area (Å²) in [4.78, 5) is 14.5. The Bertz CT molecular complexity index is 793. The van der Waals surface area contributed by atoms with Crippen LogP contribution in [0.1, 0.15) is 63.4 Å². The van der Waals surface area contributed by atoms with Gasteiger partial charge in [0.25, 0.3) is 10.0 Å². The van der Waals surface area contributed by atoms with Gasteiger partial charge in [-0.1, -0.05) is 0 Å². The van der Waals surface area contributed by atoms with Crippen molar-refractivity contribution in [2.24, 2.45) is 11.3 Å². The molecule has 0 N–H and O–H groups in total. The zero-order valence-corrected chi connectivity index (χ0v) is 18.5. The van der Waals surface area contributed by atoms with Gasteiger partial charge in [-0.05, 0) is 86.6 Å². The van der Waals surface area contributed by atoms with Gasteiger partial charge in [-0.15, -0.1) is 11.3 Å². The van der Waals surface area contributed by atoms with Gasteiger partial charge in [-0.25, -0.2) is 8.42 Å². The smallest absolute Gasteiger partial charge is 0.252 e.